The Morgan fingerprint density at radius 1 is 1.64 bits per heavy atom. The molecule has 0 amide bonds. The number of aryl methyl sites for hydroxylation is 2. The van der Waals surface area contributed by atoms with E-state index in [1.807, 2.05) is 18.5 Å². The summed E-state index contributed by atoms with van der Waals surface area (Å²) in [5.41, 5.74) is 7.36. The zero-order chi connectivity index (χ0) is 10.7. The number of rotatable bonds is 3. The molecule has 1 heterocycles. The predicted octanol–water partition coefficient (Wildman–Crippen LogP) is 1.40. The molecule has 14 heavy (non-hydrogen) atoms. The second-order valence-electron chi connectivity index (χ2n) is 3.05. The molecule has 0 aliphatic carbocycles. The molecule has 0 fully saturated rings. The third-order valence-corrected chi connectivity index (χ3v) is 3.15. The van der Waals surface area contributed by atoms with E-state index in [4.69, 9.17) is 10.9 Å². The molecule has 1 aromatic heterocycles. The quantitative estimate of drug-likeness (QED) is 0.373. The first-order valence-electron chi connectivity index (χ1n) is 4.22. The van der Waals surface area contributed by atoms with E-state index >= 15 is 0 Å². The number of oxime groups is 1. The molecule has 0 aliphatic rings. The average molecular weight is 261 g/mol. The van der Waals surface area contributed by atoms with Crippen LogP contribution in [0, 0.1) is 13.8 Å². The summed E-state index contributed by atoms with van der Waals surface area (Å²) in [4.78, 5) is 0. The first-order valence-corrected chi connectivity index (χ1v) is 5.01. The lowest BCUT2D eigenvalue weighted by Crippen LogP contribution is -2.15. The van der Waals surface area contributed by atoms with E-state index in [0.29, 0.717) is 13.0 Å². The van der Waals surface area contributed by atoms with Gasteiger partial charge in [-0.3, -0.25) is 4.68 Å². The Bertz CT molecular complexity index is 358. The van der Waals surface area contributed by atoms with E-state index < -0.39 is 0 Å². The van der Waals surface area contributed by atoms with Gasteiger partial charge in [-0.2, -0.15) is 5.10 Å². The number of amidine groups is 1. The Hall–Kier alpha value is -1.04. The van der Waals surface area contributed by atoms with Crippen molar-refractivity contribution >= 4 is 21.8 Å². The van der Waals surface area contributed by atoms with Crippen molar-refractivity contribution in [3.8, 4) is 0 Å². The standard InChI is InChI=1S/C8H13BrN4O/c1-5-8(9)6(2)13(11-5)4-3-7(10)12-14/h14H,3-4H2,1-2H3,(H2,10,12). The van der Waals surface area contributed by atoms with Crippen LogP contribution >= 0.6 is 15.9 Å². The van der Waals surface area contributed by atoms with Crippen LogP contribution in [0.15, 0.2) is 9.63 Å². The van der Waals surface area contributed by atoms with Crippen LogP contribution < -0.4 is 5.73 Å². The lowest BCUT2D eigenvalue weighted by atomic mass is 10.3. The van der Waals surface area contributed by atoms with Gasteiger partial charge in [0.15, 0.2) is 0 Å². The Balaban J connectivity index is 2.73. The number of hydrogen-bond donors (Lipinski definition) is 2. The first-order chi connectivity index (χ1) is 6.56. The van der Waals surface area contributed by atoms with Crippen molar-refractivity contribution in [2.24, 2.45) is 10.9 Å². The molecule has 0 atom stereocenters. The molecule has 78 valence electrons. The van der Waals surface area contributed by atoms with E-state index in [2.05, 4.69) is 26.2 Å². The maximum atomic E-state index is 8.37. The molecular weight excluding hydrogens is 248 g/mol. The van der Waals surface area contributed by atoms with Gasteiger partial charge in [0.2, 0.25) is 0 Å². The third-order valence-electron chi connectivity index (χ3n) is 2.00. The van der Waals surface area contributed by atoms with Gasteiger partial charge >= 0.3 is 0 Å². The van der Waals surface area contributed by atoms with Gasteiger partial charge in [-0.25, -0.2) is 0 Å². The fraction of sp³-hybridized carbons (Fsp3) is 0.500. The minimum atomic E-state index is 0.216. The molecule has 0 bridgehead atoms. The van der Waals surface area contributed by atoms with Crippen LogP contribution in [0.5, 0.6) is 0 Å². The van der Waals surface area contributed by atoms with Crippen molar-refractivity contribution in [2.75, 3.05) is 0 Å². The molecule has 1 rings (SSSR count). The molecule has 0 aromatic carbocycles. The lowest BCUT2D eigenvalue weighted by molar-refractivity contribution is 0.316. The van der Waals surface area contributed by atoms with E-state index in [1.165, 1.54) is 0 Å². The monoisotopic (exact) mass is 260 g/mol. The normalized spacial score (nSPS) is 12.1. The van der Waals surface area contributed by atoms with Crippen LogP contribution in [0.2, 0.25) is 0 Å². The topological polar surface area (TPSA) is 76.4 Å². The van der Waals surface area contributed by atoms with Crippen LogP contribution in [0.4, 0.5) is 0 Å². The molecule has 0 saturated carbocycles. The van der Waals surface area contributed by atoms with Gasteiger partial charge in [0.05, 0.1) is 10.2 Å². The van der Waals surface area contributed by atoms with Crippen molar-refractivity contribution in [1.29, 1.82) is 0 Å². The summed E-state index contributed by atoms with van der Waals surface area (Å²) in [6.07, 6.45) is 0.491. The van der Waals surface area contributed by atoms with Crippen molar-refractivity contribution in [3.05, 3.63) is 15.9 Å². The van der Waals surface area contributed by atoms with Crippen molar-refractivity contribution in [1.82, 2.24) is 9.78 Å². The van der Waals surface area contributed by atoms with Crippen LogP contribution in [0.3, 0.4) is 0 Å². The van der Waals surface area contributed by atoms with Crippen LogP contribution in [-0.2, 0) is 6.54 Å². The molecule has 3 N–H and O–H groups in total. The molecule has 0 radical (unpaired) electrons. The van der Waals surface area contributed by atoms with Crippen LogP contribution in [-0.4, -0.2) is 20.8 Å². The Kier molecular flexibility index (Phi) is 3.51. The number of halogens is 1. The second-order valence-corrected chi connectivity index (χ2v) is 3.84. The van der Waals surface area contributed by atoms with Gasteiger partial charge in [0.1, 0.15) is 5.84 Å². The summed E-state index contributed by atoms with van der Waals surface area (Å²) in [5, 5.41) is 15.6. The number of hydrogen-bond acceptors (Lipinski definition) is 3. The van der Waals surface area contributed by atoms with E-state index in [9.17, 15) is 0 Å². The summed E-state index contributed by atoms with van der Waals surface area (Å²) >= 11 is 3.43. The summed E-state index contributed by atoms with van der Waals surface area (Å²) in [6, 6.07) is 0. The Labute approximate surface area is 90.7 Å². The maximum absolute atomic E-state index is 8.37. The molecule has 0 aliphatic heterocycles. The van der Waals surface area contributed by atoms with Gasteiger partial charge in [-0.15, -0.1) is 0 Å². The number of aromatic nitrogens is 2. The first kappa shape index (κ1) is 11.0. The number of nitrogens with zero attached hydrogens (tertiary/aromatic N) is 3. The minimum Gasteiger partial charge on any atom is -0.409 e. The lowest BCUT2D eigenvalue weighted by Gasteiger charge is -2.02. The highest BCUT2D eigenvalue weighted by Crippen LogP contribution is 2.19. The fourth-order valence-electron chi connectivity index (χ4n) is 1.16. The van der Waals surface area contributed by atoms with Gasteiger partial charge < -0.3 is 10.9 Å². The molecule has 0 unspecified atom stereocenters. The zero-order valence-corrected chi connectivity index (χ0v) is 9.74. The molecule has 0 spiro atoms. The fourth-order valence-corrected chi connectivity index (χ4v) is 1.45. The summed E-state index contributed by atoms with van der Waals surface area (Å²) in [5.74, 6) is 0.216. The predicted molar refractivity (Wildman–Crippen MR) is 57.4 cm³/mol. The smallest absolute Gasteiger partial charge is 0.140 e. The van der Waals surface area contributed by atoms with Crippen LogP contribution in [0.25, 0.3) is 0 Å². The van der Waals surface area contributed by atoms with E-state index in [1.54, 1.807) is 0 Å². The Morgan fingerprint density at radius 3 is 2.71 bits per heavy atom. The highest BCUT2D eigenvalue weighted by Gasteiger charge is 2.08. The van der Waals surface area contributed by atoms with Crippen LogP contribution in [0.1, 0.15) is 17.8 Å². The van der Waals surface area contributed by atoms with E-state index in [-0.39, 0.29) is 5.84 Å². The van der Waals surface area contributed by atoms with Crippen molar-refractivity contribution < 1.29 is 5.21 Å². The minimum absolute atomic E-state index is 0.216. The Morgan fingerprint density at radius 2 is 2.29 bits per heavy atom. The maximum Gasteiger partial charge on any atom is 0.140 e. The van der Waals surface area contributed by atoms with Gasteiger partial charge in [0.25, 0.3) is 0 Å². The summed E-state index contributed by atoms with van der Waals surface area (Å²) in [7, 11) is 0. The van der Waals surface area contributed by atoms with Gasteiger partial charge in [0, 0.05) is 18.7 Å². The molecule has 0 saturated heterocycles. The number of nitrogens with two attached hydrogens (primary N) is 1. The largest absolute Gasteiger partial charge is 0.409 e. The van der Waals surface area contributed by atoms with Crippen molar-refractivity contribution in [2.45, 2.75) is 26.8 Å². The third kappa shape index (κ3) is 2.25. The second kappa shape index (κ2) is 4.45. The zero-order valence-electron chi connectivity index (χ0n) is 8.16. The van der Waals surface area contributed by atoms with Gasteiger partial charge in [-0.1, -0.05) is 5.16 Å². The van der Waals surface area contributed by atoms with Gasteiger partial charge in [-0.05, 0) is 29.8 Å². The molecule has 6 heteroatoms. The average Bonchev–Trinajstić information content (AvgIpc) is 2.42. The molecular formula is C8H13BrN4O. The summed E-state index contributed by atoms with van der Waals surface area (Å²) < 4.78 is 2.84. The molecule has 5 nitrogen and oxygen atoms in total. The molecule has 1 aromatic rings. The van der Waals surface area contributed by atoms with E-state index in [0.717, 1.165) is 15.9 Å². The summed E-state index contributed by atoms with van der Waals surface area (Å²) in [6.45, 7) is 4.52. The SMILES string of the molecule is Cc1nn(CC/C(N)=N/O)c(C)c1Br. The highest BCUT2D eigenvalue weighted by atomic mass is 79.9. The van der Waals surface area contributed by atoms with Crippen molar-refractivity contribution in [3.63, 3.8) is 0 Å². The highest BCUT2D eigenvalue weighted by molar-refractivity contribution is 9.10.